The fourth-order valence-electron chi connectivity index (χ4n) is 2.22. The van der Waals surface area contributed by atoms with Gasteiger partial charge in [0.2, 0.25) is 5.91 Å². The Kier molecular flexibility index (Phi) is 6.92. The van der Waals surface area contributed by atoms with E-state index < -0.39 is 0 Å². The van der Waals surface area contributed by atoms with Crippen molar-refractivity contribution in [3.63, 3.8) is 0 Å². The van der Waals surface area contributed by atoms with Crippen molar-refractivity contribution in [1.29, 1.82) is 0 Å². The van der Waals surface area contributed by atoms with E-state index in [9.17, 15) is 4.79 Å². The lowest BCUT2D eigenvalue weighted by Gasteiger charge is -2.19. The number of nitrogens with one attached hydrogen (secondary N) is 2. The molecule has 5 nitrogen and oxygen atoms in total. The summed E-state index contributed by atoms with van der Waals surface area (Å²) < 4.78 is 10.9. The van der Waals surface area contributed by atoms with Gasteiger partial charge in [-0.1, -0.05) is 0 Å². The summed E-state index contributed by atoms with van der Waals surface area (Å²) >= 11 is 0. The average Bonchev–Trinajstić information content (AvgIpc) is 2.99. The van der Waals surface area contributed by atoms with Crippen LogP contribution in [0.5, 0.6) is 0 Å². The minimum Gasteiger partial charge on any atom is -0.379 e. The molecule has 2 saturated heterocycles. The molecule has 1 amide bonds. The van der Waals surface area contributed by atoms with Crippen molar-refractivity contribution in [2.75, 3.05) is 26.4 Å². The van der Waals surface area contributed by atoms with Crippen LogP contribution in [-0.2, 0) is 14.3 Å². The molecule has 3 unspecified atom stereocenters. The molecule has 0 saturated carbocycles. The SMILES string of the molecule is CC(COC1CCOC1)NC(=O)C1CCCN1.Cl. The zero-order valence-corrected chi connectivity index (χ0v) is 11.6. The Hall–Kier alpha value is -0.360. The van der Waals surface area contributed by atoms with Crippen LogP contribution in [-0.4, -0.2) is 50.5 Å². The van der Waals surface area contributed by atoms with Gasteiger partial charge in [-0.15, -0.1) is 12.4 Å². The summed E-state index contributed by atoms with van der Waals surface area (Å²) in [6.45, 7) is 4.96. The minimum atomic E-state index is -0.00716. The molecule has 106 valence electrons. The Balaban J connectivity index is 0.00000162. The van der Waals surface area contributed by atoms with E-state index in [0.717, 1.165) is 32.4 Å². The van der Waals surface area contributed by atoms with E-state index in [4.69, 9.17) is 9.47 Å². The van der Waals surface area contributed by atoms with Crippen LogP contribution in [0, 0.1) is 0 Å². The van der Waals surface area contributed by atoms with Crippen LogP contribution in [0.4, 0.5) is 0 Å². The van der Waals surface area contributed by atoms with Crippen molar-refractivity contribution in [2.45, 2.75) is 44.4 Å². The zero-order chi connectivity index (χ0) is 12.1. The lowest BCUT2D eigenvalue weighted by Crippen LogP contribution is -2.46. The predicted molar refractivity (Wildman–Crippen MR) is 71.1 cm³/mol. The molecule has 0 aromatic rings. The highest BCUT2D eigenvalue weighted by Gasteiger charge is 2.23. The molecular formula is C12H23ClN2O3. The summed E-state index contributed by atoms with van der Waals surface area (Å²) in [7, 11) is 0. The van der Waals surface area contributed by atoms with Gasteiger partial charge in [0.25, 0.3) is 0 Å². The van der Waals surface area contributed by atoms with Crippen LogP contribution >= 0.6 is 12.4 Å². The van der Waals surface area contributed by atoms with Crippen LogP contribution < -0.4 is 10.6 Å². The molecule has 0 bridgehead atoms. The zero-order valence-electron chi connectivity index (χ0n) is 10.8. The molecule has 0 aromatic heterocycles. The van der Waals surface area contributed by atoms with E-state index in [1.807, 2.05) is 6.92 Å². The Morgan fingerprint density at radius 2 is 2.39 bits per heavy atom. The van der Waals surface area contributed by atoms with Gasteiger partial charge in [0.15, 0.2) is 0 Å². The Morgan fingerprint density at radius 1 is 1.56 bits per heavy atom. The highest BCUT2D eigenvalue weighted by atomic mass is 35.5. The first-order chi connectivity index (χ1) is 8.25. The first-order valence-corrected chi connectivity index (χ1v) is 6.49. The number of ether oxygens (including phenoxy) is 2. The number of rotatable bonds is 5. The highest BCUT2D eigenvalue weighted by molar-refractivity contribution is 5.85. The van der Waals surface area contributed by atoms with Crippen molar-refractivity contribution in [1.82, 2.24) is 10.6 Å². The van der Waals surface area contributed by atoms with Crippen molar-refractivity contribution in [2.24, 2.45) is 0 Å². The van der Waals surface area contributed by atoms with E-state index in [0.29, 0.717) is 13.2 Å². The molecule has 3 atom stereocenters. The standard InChI is InChI=1S/C12H22N2O3.ClH/c1-9(7-17-10-4-6-16-8-10)14-12(15)11-3-2-5-13-11;/h9-11,13H,2-8H2,1H3,(H,14,15);1H. The number of hydrogen-bond donors (Lipinski definition) is 2. The molecule has 2 heterocycles. The average molecular weight is 279 g/mol. The van der Waals surface area contributed by atoms with Gasteiger partial charge < -0.3 is 20.1 Å². The quantitative estimate of drug-likeness (QED) is 0.768. The van der Waals surface area contributed by atoms with E-state index in [2.05, 4.69) is 10.6 Å². The molecule has 0 aromatic carbocycles. The van der Waals surface area contributed by atoms with Gasteiger partial charge in [-0.2, -0.15) is 0 Å². The highest BCUT2D eigenvalue weighted by Crippen LogP contribution is 2.09. The first-order valence-electron chi connectivity index (χ1n) is 6.49. The third-order valence-corrected chi connectivity index (χ3v) is 3.24. The van der Waals surface area contributed by atoms with Crippen molar-refractivity contribution < 1.29 is 14.3 Å². The third-order valence-electron chi connectivity index (χ3n) is 3.24. The minimum absolute atomic E-state index is 0. The summed E-state index contributed by atoms with van der Waals surface area (Å²) in [5.74, 6) is 0.0984. The van der Waals surface area contributed by atoms with Crippen LogP contribution in [0.2, 0.25) is 0 Å². The van der Waals surface area contributed by atoms with Crippen LogP contribution in [0.25, 0.3) is 0 Å². The summed E-state index contributed by atoms with van der Waals surface area (Å²) in [4.78, 5) is 11.8. The number of halogens is 1. The number of carbonyl (C=O) groups is 1. The van der Waals surface area contributed by atoms with Gasteiger partial charge in [-0.25, -0.2) is 0 Å². The fraction of sp³-hybridized carbons (Fsp3) is 0.917. The van der Waals surface area contributed by atoms with E-state index in [-0.39, 0.29) is 36.5 Å². The molecule has 2 N–H and O–H groups in total. The largest absolute Gasteiger partial charge is 0.379 e. The van der Waals surface area contributed by atoms with Crippen LogP contribution in [0.3, 0.4) is 0 Å². The maximum atomic E-state index is 11.8. The lowest BCUT2D eigenvalue weighted by molar-refractivity contribution is -0.124. The second-order valence-corrected chi connectivity index (χ2v) is 4.88. The number of carbonyl (C=O) groups excluding carboxylic acids is 1. The normalized spacial score (nSPS) is 28.7. The third kappa shape index (κ3) is 4.72. The summed E-state index contributed by atoms with van der Waals surface area (Å²) in [6.07, 6.45) is 3.20. The Labute approximate surface area is 114 Å². The maximum Gasteiger partial charge on any atom is 0.237 e. The van der Waals surface area contributed by atoms with Gasteiger partial charge in [0.05, 0.1) is 25.4 Å². The van der Waals surface area contributed by atoms with Crippen molar-refractivity contribution in [3.8, 4) is 0 Å². The molecular weight excluding hydrogens is 256 g/mol. The first kappa shape index (κ1) is 15.7. The monoisotopic (exact) mass is 278 g/mol. The number of amides is 1. The molecule has 0 aliphatic carbocycles. The summed E-state index contributed by atoms with van der Waals surface area (Å²) in [5, 5.41) is 6.16. The second-order valence-electron chi connectivity index (χ2n) is 4.88. The van der Waals surface area contributed by atoms with E-state index in [1.165, 1.54) is 0 Å². The maximum absolute atomic E-state index is 11.8. The van der Waals surface area contributed by atoms with E-state index in [1.54, 1.807) is 0 Å². The van der Waals surface area contributed by atoms with Gasteiger partial charge in [-0.3, -0.25) is 4.79 Å². The molecule has 2 aliphatic rings. The van der Waals surface area contributed by atoms with Gasteiger partial charge >= 0.3 is 0 Å². The van der Waals surface area contributed by atoms with E-state index >= 15 is 0 Å². The summed E-state index contributed by atoms with van der Waals surface area (Å²) in [6, 6.07) is 0.0535. The second kappa shape index (κ2) is 7.94. The van der Waals surface area contributed by atoms with Gasteiger partial charge in [0, 0.05) is 12.6 Å². The summed E-state index contributed by atoms with van der Waals surface area (Å²) in [5.41, 5.74) is 0. The lowest BCUT2D eigenvalue weighted by atomic mass is 10.2. The van der Waals surface area contributed by atoms with Crippen molar-refractivity contribution in [3.05, 3.63) is 0 Å². The Bertz CT molecular complexity index is 254. The molecule has 0 radical (unpaired) electrons. The molecule has 2 aliphatic heterocycles. The topological polar surface area (TPSA) is 59.6 Å². The fourth-order valence-corrected chi connectivity index (χ4v) is 2.22. The van der Waals surface area contributed by atoms with Crippen LogP contribution in [0.1, 0.15) is 26.2 Å². The Morgan fingerprint density at radius 3 is 3.00 bits per heavy atom. The van der Waals surface area contributed by atoms with Gasteiger partial charge in [-0.05, 0) is 32.7 Å². The molecule has 2 rings (SSSR count). The number of hydrogen-bond acceptors (Lipinski definition) is 4. The smallest absolute Gasteiger partial charge is 0.237 e. The van der Waals surface area contributed by atoms with Gasteiger partial charge in [0.1, 0.15) is 0 Å². The molecule has 18 heavy (non-hydrogen) atoms. The molecule has 0 spiro atoms. The molecule has 6 heteroatoms. The predicted octanol–water partition coefficient (Wildman–Crippen LogP) is 0.470. The molecule has 2 fully saturated rings. The van der Waals surface area contributed by atoms with Crippen LogP contribution in [0.15, 0.2) is 0 Å². The van der Waals surface area contributed by atoms with Crippen molar-refractivity contribution >= 4 is 18.3 Å².